The molecule has 0 heterocycles. The second-order valence-corrected chi connectivity index (χ2v) is 2.49. The van der Waals surface area contributed by atoms with Crippen molar-refractivity contribution in [2.75, 3.05) is 0 Å². The minimum atomic E-state index is -1.43. The minimum absolute atomic E-state index is 0.167. The molecule has 16 heavy (non-hydrogen) atoms. The Morgan fingerprint density at radius 1 is 1.38 bits per heavy atom. The van der Waals surface area contributed by atoms with Gasteiger partial charge in [0.1, 0.15) is 5.75 Å². The van der Waals surface area contributed by atoms with E-state index in [9.17, 15) is 0 Å². The first-order chi connectivity index (χ1) is 7.58. The molecule has 88 valence electrons. The number of phenols is 1. The molecule has 4 nitrogen and oxygen atoms in total. The lowest BCUT2D eigenvalue weighted by molar-refractivity contribution is -0.143. The fourth-order valence-electron chi connectivity index (χ4n) is 0.428. The second kappa shape index (κ2) is 12.9. The zero-order valence-electron chi connectivity index (χ0n) is 9.17. The van der Waals surface area contributed by atoms with Crippen LogP contribution in [0.2, 0.25) is 0 Å². The molecule has 0 amide bonds. The van der Waals surface area contributed by atoms with Crippen LogP contribution in [0, 0.1) is 0 Å². The van der Waals surface area contributed by atoms with Crippen LogP contribution in [0.15, 0.2) is 43.0 Å². The third kappa shape index (κ3) is 17.8. The number of phenolic OH excluding ortho intramolecular Hbond substituents is 1. The van der Waals surface area contributed by atoms with E-state index in [1.165, 1.54) is 0 Å². The van der Waals surface area contributed by atoms with Gasteiger partial charge in [-0.15, -0.1) is 6.58 Å². The van der Waals surface area contributed by atoms with Crippen molar-refractivity contribution in [1.29, 1.82) is 0 Å². The molecule has 0 aliphatic rings. The van der Waals surface area contributed by atoms with E-state index in [2.05, 4.69) is 13.5 Å². The van der Waals surface area contributed by atoms with Crippen LogP contribution < -0.4 is 0 Å². The summed E-state index contributed by atoms with van der Waals surface area (Å²) >= 11 is 0. The van der Waals surface area contributed by atoms with Crippen LogP contribution in [-0.2, 0) is 9.59 Å². The molecule has 0 bridgehead atoms. The van der Waals surface area contributed by atoms with Crippen molar-refractivity contribution >= 4 is 12.3 Å². The summed E-state index contributed by atoms with van der Waals surface area (Å²) in [6.07, 6.45) is 2.79. The predicted octanol–water partition coefficient (Wildman–Crippen LogP) is 2.24. The first-order valence-electron chi connectivity index (χ1n) is 4.61. The zero-order chi connectivity index (χ0) is 12.8. The fourth-order valence-corrected chi connectivity index (χ4v) is 0.428. The van der Waals surface area contributed by atoms with E-state index in [0.717, 1.165) is 6.42 Å². The van der Waals surface area contributed by atoms with Crippen LogP contribution in [0.25, 0.3) is 0 Å². The molecule has 0 saturated heterocycles. The van der Waals surface area contributed by atoms with Crippen molar-refractivity contribution < 1.29 is 19.8 Å². The number of carbonyl (C=O) groups is 2. The molecule has 1 rings (SSSR count). The molecule has 0 radical (unpaired) electrons. The van der Waals surface area contributed by atoms with Gasteiger partial charge in [-0.3, -0.25) is 4.79 Å². The molecular weight excluding hydrogens is 208 g/mol. The summed E-state index contributed by atoms with van der Waals surface area (Å²) in [5.41, 5.74) is 0. The van der Waals surface area contributed by atoms with Crippen LogP contribution in [0.1, 0.15) is 13.3 Å². The van der Waals surface area contributed by atoms with Gasteiger partial charge in [0.05, 0.1) is 0 Å². The van der Waals surface area contributed by atoms with E-state index in [4.69, 9.17) is 19.8 Å². The molecular formula is C12H16O4. The van der Waals surface area contributed by atoms with E-state index in [0.29, 0.717) is 5.75 Å². The lowest BCUT2D eigenvalue weighted by atomic mass is 10.3. The maximum Gasteiger partial charge on any atom is 0.368 e. The molecule has 4 heteroatoms. The van der Waals surface area contributed by atoms with Gasteiger partial charge in [0.2, 0.25) is 6.29 Å². The SMILES string of the molecule is C=CCC.O=CC(=O)O.Oc1ccccc1. The fraction of sp³-hybridized carbons (Fsp3) is 0.167. The Hall–Kier alpha value is -2.10. The summed E-state index contributed by atoms with van der Waals surface area (Å²) in [6.45, 7) is 5.54. The highest BCUT2D eigenvalue weighted by Crippen LogP contribution is 2.02. The van der Waals surface area contributed by atoms with Gasteiger partial charge in [0.25, 0.3) is 0 Å². The molecule has 0 saturated carbocycles. The Morgan fingerprint density at radius 3 is 1.88 bits per heavy atom. The molecule has 0 aliphatic heterocycles. The van der Waals surface area contributed by atoms with E-state index in [1.807, 2.05) is 12.1 Å². The van der Waals surface area contributed by atoms with E-state index < -0.39 is 5.97 Å². The number of aldehydes is 1. The highest BCUT2D eigenvalue weighted by molar-refractivity contribution is 6.19. The molecule has 0 spiro atoms. The molecule has 0 fully saturated rings. The molecule has 0 aliphatic carbocycles. The monoisotopic (exact) mass is 224 g/mol. The number of carbonyl (C=O) groups excluding carboxylic acids is 1. The van der Waals surface area contributed by atoms with Crippen molar-refractivity contribution in [3.63, 3.8) is 0 Å². The van der Waals surface area contributed by atoms with Crippen molar-refractivity contribution in [2.45, 2.75) is 13.3 Å². The summed E-state index contributed by atoms with van der Waals surface area (Å²) in [4.78, 5) is 17.9. The molecule has 0 unspecified atom stereocenters. The standard InChI is InChI=1S/C6H6O.C4H8.C2H2O3/c7-6-4-2-1-3-5-6;1-3-4-2;3-1-2(4)5/h1-5,7H;3H,1,4H2,2H3;1H,(H,4,5). The van der Waals surface area contributed by atoms with Gasteiger partial charge >= 0.3 is 5.97 Å². The number of allylic oxidation sites excluding steroid dienone is 1. The van der Waals surface area contributed by atoms with Gasteiger partial charge in [0.15, 0.2) is 0 Å². The van der Waals surface area contributed by atoms with Crippen molar-refractivity contribution in [3.8, 4) is 5.75 Å². The largest absolute Gasteiger partial charge is 0.508 e. The molecule has 2 N–H and O–H groups in total. The van der Waals surface area contributed by atoms with Gasteiger partial charge in [-0.05, 0) is 18.6 Å². The minimum Gasteiger partial charge on any atom is -0.508 e. The van der Waals surface area contributed by atoms with Crippen LogP contribution >= 0.6 is 0 Å². The van der Waals surface area contributed by atoms with Crippen LogP contribution in [0.4, 0.5) is 0 Å². The number of benzene rings is 1. The number of rotatable bonds is 2. The number of carboxylic acids is 1. The number of hydrogen-bond donors (Lipinski definition) is 2. The van der Waals surface area contributed by atoms with Crippen LogP contribution in [-0.4, -0.2) is 22.5 Å². The Bertz CT molecular complexity index is 293. The molecule has 0 aromatic heterocycles. The maximum absolute atomic E-state index is 9.00. The number of hydrogen-bond acceptors (Lipinski definition) is 3. The Morgan fingerprint density at radius 2 is 1.75 bits per heavy atom. The summed E-state index contributed by atoms with van der Waals surface area (Å²) in [7, 11) is 0. The van der Waals surface area contributed by atoms with Crippen molar-refractivity contribution in [2.24, 2.45) is 0 Å². The Balaban J connectivity index is 0. The van der Waals surface area contributed by atoms with Gasteiger partial charge in [-0.25, -0.2) is 4.79 Å². The first-order valence-corrected chi connectivity index (χ1v) is 4.61. The smallest absolute Gasteiger partial charge is 0.368 e. The van der Waals surface area contributed by atoms with Gasteiger partial charge in [-0.2, -0.15) is 0 Å². The van der Waals surface area contributed by atoms with Gasteiger partial charge in [0, 0.05) is 0 Å². The second-order valence-electron chi connectivity index (χ2n) is 2.49. The Labute approximate surface area is 94.9 Å². The number of aliphatic carboxylic acids is 1. The van der Waals surface area contributed by atoms with Gasteiger partial charge < -0.3 is 10.2 Å². The number of carboxylic acid groups (broad SMARTS) is 1. The summed E-state index contributed by atoms with van der Waals surface area (Å²) in [5.74, 6) is -1.10. The van der Waals surface area contributed by atoms with Gasteiger partial charge in [-0.1, -0.05) is 31.2 Å². The van der Waals surface area contributed by atoms with Crippen molar-refractivity contribution in [1.82, 2.24) is 0 Å². The number of aromatic hydroxyl groups is 1. The van der Waals surface area contributed by atoms with Crippen LogP contribution in [0.3, 0.4) is 0 Å². The third-order valence-corrected chi connectivity index (χ3v) is 1.15. The quantitative estimate of drug-likeness (QED) is 0.459. The first kappa shape index (κ1) is 16.3. The normalized spacial score (nSPS) is 7.31. The molecule has 1 aromatic carbocycles. The van der Waals surface area contributed by atoms with Crippen LogP contribution in [0.5, 0.6) is 5.75 Å². The van der Waals surface area contributed by atoms with E-state index in [1.54, 1.807) is 24.3 Å². The van der Waals surface area contributed by atoms with Crippen molar-refractivity contribution in [3.05, 3.63) is 43.0 Å². The zero-order valence-corrected chi connectivity index (χ0v) is 9.17. The summed E-state index contributed by atoms with van der Waals surface area (Å²) < 4.78 is 0. The Kier molecular flexibility index (Phi) is 13.2. The maximum atomic E-state index is 9.00. The lowest BCUT2D eigenvalue weighted by Gasteiger charge is -1.82. The highest BCUT2D eigenvalue weighted by Gasteiger charge is 1.80. The van der Waals surface area contributed by atoms with E-state index in [-0.39, 0.29) is 6.29 Å². The summed E-state index contributed by atoms with van der Waals surface area (Å²) in [5, 5.41) is 16.0. The molecule has 1 aromatic rings. The average molecular weight is 224 g/mol. The lowest BCUT2D eigenvalue weighted by Crippen LogP contribution is -1.91. The highest BCUT2D eigenvalue weighted by atomic mass is 16.4. The molecule has 0 atom stereocenters. The predicted molar refractivity (Wildman–Crippen MR) is 62.3 cm³/mol. The number of para-hydroxylation sites is 1. The third-order valence-electron chi connectivity index (χ3n) is 1.15. The average Bonchev–Trinajstić information content (AvgIpc) is 2.31. The van der Waals surface area contributed by atoms with E-state index >= 15 is 0 Å². The topological polar surface area (TPSA) is 74.6 Å². The summed E-state index contributed by atoms with van der Waals surface area (Å²) in [6, 6.07) is 8.71.